The van der Waals surface area contributed by atoms with E-state index in [4.69, 9.17) is 15.0 Å². The second kappa shape index (κ2) is 13.0. The quantitative estimate of drug-likeness (QED) is 0.172. The Hall–Kier alpha value is -7.63. The first-order valence-corrected chi connectivity index (χ1v) is 18.9. The van der Waals surface area contributed by atoms with Gasteiger partial charge in [0.15, 0.2) is 17.5 Å². The Morgan fingerprint density at radius 3 is 1.20 bits per heavy atom. The molecule has 56 heavy (non-hydrogen) atoms. The third-order valence-corrected chi connectivity index (χ3v) is 10.8. The zero-order valence-electron chi connectivity index (χ0n) is 30.3. The van der Waals surface area contributed by atoms with Gasteiger partial charge in [-0.2, -0.15) is 0 Å². The van der Waals surface area contributed by atoms with Crippen molar-refractivity contribution in [3.05, 3.63) is 200 Å². The van der Waals surface area contributed by atoms with Gasteiger partial charge in [0.25, 0.3) is 0 Å². The van der Waals surface area contributed by atoms with Crippen molar-refractivity contribution in [2.24, 2.45) is 0 Å². The minimum absolute atomic E-state index is 0.636. The molecule has 8 aromatic carbocycles. The van der Waals surface area contributed by atoms with Crippen LogP contribution in [-0.4, -0.2) is 24.1 Å². The van der Waals surface area contributed by atoms with Crippen molar-refractivity contribution in [2.75, 3.05) is 0 Å². The van der Waals surface area contributed by atoms with E-state index in [1.807, 2.05) is 60.7 Å². The highest BCUT2D eigenvalue weighted by atomic mass is 15.0. The molecular formula is C51H33N5. The fourth-order valence-corrected chi connectivity index (χ4v) is 8.23. The number of nitrogens with zero attached hydrogens (tertiary/aromatic N) is 5. The molecule has 0 fully saturated rings. The van der Waals surface area contributed by atoms with Crippen molar-refractivity contribution >= 4 is 43.6 Å². The molecule has 0 saturated carbocycles. The molecule has 3 aromatic heterocycles. The van der Waals surface area contributed by atoms with Gasteiger partial charge in [0.1, 0.15) is 0 Å². The summed E-state index contributed by atoms with van der Waals surface area (Å²) in [4.78, 5) is 14.8. The smallest absolute Gasteiger partial charge is 0.164 e. The first kappa shape index (κ1) is 31.9. The van der Waals surface area contributed by atoms with Crippen molar-refractivity contribution in [3.8, 4) is 56.7 Å². The van der Waals surface area contributed by atoms with Crippen LogP contribution in [0.4, 0.5) is 0 Å². The first-order valence-electron chi connectivity index (χ1n) is 18.9. The van der Waals surface area contributed by atoms with Gasteiger partial charge in [0, 0.05) is 49.6 Å². The molecule has 0 aliphatic heterocycles. The largest absolute Gasteiger partial charge is 0.309 e. The van der Waals surface area contributed by atoms with Crippen LogP contribution in [0, 0.1) is 0 Å². The van der Waals surface area contributed by atoms with Crippen LogP contribution >= 0.6 is 0 Å². The van der Waals surface area contributed by atoms with E-state index in [1.54, 1.807) is 0 Å². The van der Waals surface area contributed by atoms with Crippen LogP contribution in [-0.2, 0) is 0 Å². The zero-order valence-corrected chi connectivity index (χ0v) is 30.3. The molecular weight excluding hydrogens is 683 g/mol. The molecule has 0 radical (unpaired) electrons. The maximum atomic E-state index is 4.97. The Morgan fingerprint density at radius 2 is 0.679 bits per heavy atom. The SMILES string of the molecule is c1ccc(-c2cccc(-n3c4ccccc4c4c5c6ccccc6n(-c6ccc(-c7nc(-c8ccccc8)nc(-c8ccccc8)n7)cc6)c5ccc43)c2)cc1. The molecule has 11 aromatic rings. The molecule has 0 N–H and O–H groups in total. The van der Waals surface area contributed by atoms with E-state index in [2.05, 4.69) is 149 Å². The lowest BCUT2D eigenvalue weighted by Gasteiger charge is -2.11. The van der Waals surface area contributed by atoms with Gasteiger partial charge in [-0.15, -0.1) is 0 Å². The monoisotopic (exact) mass is 715 g/mol. The summed E-state index contributed by atoms with van der Waals surface area (Å²) in [6.45, 7) is 0. The van der Waals surface area contributed by atoms with Gasteiger partial charge in [-0.1, -0.05) is 140 Å². The lowest BCUT2D eigenvalue weighted by Crippen LogP contribution is -2.00. The van der Waals surface area contributed by atoms with Crippen LogP contribution in [0.2, 0.25) is 0 Å². The molecule has 0 aliphatic carbocycles. The van der Waals surface area contributed by atoms with Gasteiger partial charge in [-0.05, 0) is 71.8 Å². The minimum Gasteiger partial charge on any atom is -0.309 e. The van der Waals surface area contributed by atoms with Crippen LogP contribution in [0.1, 0.15) is 0 Å². The highest BCUT2D eigenvalue weighted by molar-refractivity contribution is 6.28. The second-order valence-corrected chi connectivity index (χ2v) is 14.1. The lowest BCUT2D eigenvalue weighted by molar-refractivity contribution is 1.07. The topological polar surface area (TPSA) is 48.5 Å². The third kappa shape index (κ3) is 5.21. The predicted molar refractivity (Wildman–Crippen MR) is 230 cm³/mol. The number of rotatable bonds is 6. The summed E-state index contributed by atoms with van der Waals surface area (Å²) in [5.74, 6) is 1.93. The number of para-hydroxylation sites is 2. The minimum atomic E-state index is 0.636. The fourth-order valence-electron chi connectivity index (χ4n) is 8.23. The molecule has 11 rings (SSSR count). The molecule has 0 bridgehead atoms. The summed E-state index contributed by atoms with van der Waals surface area (Å²) in [5, 5.41) is 4.95. The Labute approximate surface area is 323 Å². The number of hydrogen-bond acceptors (Lipinski definition) is 3. The summed E-state index contributed by atoms with van der Waals surface area (Å²) < 4.78 is 4.80. The molecule has 5 nitrogen and oxygen atoms in total. The average Bonchev–Trinajstić information content (AvgIpc) is 3.80. The normalized spacial score (nSPS) is 11.6. The van der Waals surface area contributed by atoms with E-state index in [9.17, 15) is 0 Å². The number of aromatic nitrogens is 5. The molecule has 0 saturated heterocycles. The number of hydrogen-bond donors (Lipinski definition) is 0. The highest BCUT2D eigenvalue weighted by Gasteiger charge is 2.21. The average molecular weight is 716 g/mol. The van der Waals surface area contributed by atoms with E-state index < -0.39 is 0 Å². The van der Waals surface area contributed by atoms with Crippen molar-refractivity contribution in [1.82, 2.24) is 24.1 Å². The van der Waals surface area contributed by atoms with E-state index in [1.165, 1.54) is 43.7 Å². The summed E-state index contributed by atoms with van der Waals surface area (Å²) >= 11 is 0. The predicted octanol–water partition coefficient (Wildman–Crippen LogP) is 12.7. The Kier molecular flexibility index (Phi) is 7.42. The van der Waals surface area contributed by atoms with Crippen molar-refractivity contribution < 1.29 is 0 Å². The molecule has 5 heteroatoms. The van der Waals surface area contributed by atoms with Crippen LogP contribution < -0.4 is 0 Å². The van der Waals surface area contributed by atoms with Gasteiger partial charge in [-0.3, -0.25) is 0 Å². The van der Waals surface area contributed by atoms with Gasteiger partial charge < -0.3 is 9.13 Å². The summed E-state index contributed by atoms with van der Waals surface area (Å²) in [5.41, 5.74) is 12.1. The zero-order chi connectivity index (χ0) is 37.0. The van der Waals surface area contributed by atoms with Crippen LogP contribution in [0.5, 0.6) is 0 Å². The fraction of sp³-hybridized carbons (Fsp3) is 0. The Morgan fingerprint density at radius 1 is 0.268 bits per heavy atom. The highest BCUT2D eigenvalue weighted by Crippen LogP contribution is 2.42. The third-order valence-electron chi connectivity index (χ3n) is 10.8. The first-order chi connectivity index (χ1) is 27.8. The molecule has 0 aliphatic rings. The van der Waals surface area contributed by atoms with Crippen molar-refractivity contribution in [3.63, 3.8) is 0 Å². The van der Waals surface area contributed by atoms with E-state index >= 15 is 0 Å². The molecule has 0 amide bonds. The molecule has 262 valence electrons. The maximum absolute atomic E-state index is 4.97. The summed E-state index contributed by atoms with van der Waals surface area (Å²) in [6, 6.07) is 70.4. The van der Waals surface area contributed by atoms with Gasteiger partial charge in [-0.25, -0.2) is 15.0 Å². The number of benzene rings is 8. The van der Waals surface area contributed by atoms with Crippen LogP contribution in [0.25, 0.3) is 100 Å². The molecule has 0 spiro atoms. The standard InChI is InChI=1S/C51H33N5/c1-4-15-34(16-5-1)38-21-14-22-40(33-38)56-44-26-13-11-24-42(44)48-46(56)32-31-45-47(48)41-23-10-12-25-43(41)55(45)39-29-27-37(28-30-39)51-53-49(35-17-6-2-7-18-35)52-50(54-51)36-19-8-3-9-20-36/h1-33H. The van der Waals surface area contributed by atoms with Gasteiger partial charge in [0.05, 0.1) is 22.1 Å². The van der Waals surface area contributed by atoms with E-state index in [-0.39, 0.29) is 0 Å². The molecule has 3 heterocycles. The van der Waals surface area contributed by atoms with Crippen molar-refractivity contribution in [2.45, 2.75) is 0 Å². The van der Waals surface area contributed by atoms with Crippen LogP contribution in [0.3, 0.4) is 0 Å². The van der Waals surface area contributed by atoms with Gasteiger partial charge in [0.2, 0.25) is 0 Å². The van der Waals surface area contributed by atoms with E-state index in [0.717, 1.165) is 39.1 Å². The van der Waals surface area contributed by atoms with Crippen LogP contribution in [0.15, 0.2) is 200 Å². The summed E-state index contributed by atoms with van der Waals surface area (Å²) in [6.07, 6.45) is 0. The summed E-state index contributed by atoms with van der Waals surface area (Å²) in [7, 11) is 0. The Bertz CT molecular complexity index is 3160. The van der Waals surface area contributed by atoms with Crippen molar-refractivity contribution in [1.29, 1.82) is 0 Å². The molecule has 0 atom stereocenters. The lowest BCUT2D eigenvalue weighted by atomic mass is 10.0. The second-order valence-electron chi connectivity index (χ2n) is 14.1. The Balaban J connectivity index is 1.08. The van der Waals surface area contributed by atoms with E-state index in [0.29, 0.717) is 17.5 Å². The maximum Gasteiger partial charge on any atom is 0.164 e. The van der Waals surface area contributed by atoms with Gasteiger partial charge >= 0.3 is 0 Å². The number of fused-ring (bicyclic) bond motifs is 7. The molecule has 0 unspecified atom stereocenters.